The van der Waals surface area contributed by atoms with Gasteiger partial charge >= 0.3 is 11.9 Å². The summed E-state index contributed by atoms with van der Waals surface area (Å²) in [6, 6.07) is 5.56. The molecule has 0 bridgehead atoms. The highest BCUT2D eigenvalue weighted by Crippen LogP contribution is 2.54. The number of carbonyl (C=O) groups excluding carboxylic acids is 2. The van der Waals surface area contributed by atoms with E-state index in [0.29, 0.717) is 5.02 Å². The average Bonchev–Trinajstić information content (AvgIpc) is 3.26. The number of carbonyl (C=O) groups is 2. The average molecular weight is 361 g/mol. The molecule has 2 rings (SSSR count). The van der Waals surface area contributed by atoms with Gasteiger partial charge in [-0.2, -0.15) is 0 Å². The first-order valence-electron chi connectivity index (χ1n) is 7.14. The normalized spacial score (nSPS) is 19.0. The minimum Gasteiger partial charge on any atom is -0.465 e. The molecule has 0 amide bonds. The first kappa shape index (κ1) is 17.7. The maximum absolute atomic E-state index is 12.7. The second-order valence-corrected chi connectivity index (χ2v) is 7.67. The Morgan fingerprint density at radius 1 is 1.13 bits per heavy atom. The lowest BCUT2D eigenvalue weighted by atomic mass is 10.1. The lowest BCUT2D eigenvalue weighted by Gasteiger charge is -2.14. The summed E-state index contributed by atoms with van der Waals surface area (Å²) in [6.07, 6.45) is -0.143. The summed E-state index contributed by atoms with van der Waals surface area (Å²) in [5, 5.41) is -0.795. The quantitative estimate of drug-likeness (QED) is 0.569. The van der Waals surface area contributed by atoms with Crippen LogP contribution in [0.15, 0.2) is 29.2 Å². The molecular formula is C15H17ClO6S. The van der Waals surface area contributed by atoms with Crippen LogP contribution in [-0.2, 0) is 28.9 Å². The van der Waals surface area contributed by atoms with Crippen LogP contribution in [0.5, 0.6) is 0 Å². The predicted octanol–water partition coefficient (Wildman–Crippen LogP) is 2.00. The van der Waals surface area contributed by atoms with E-state index in [0.717, 1.165) is 0 Å². The fourth-order valence-electron chi connectivity index (χ4n) is 2.43. The Kier molecular flexibility index (Phi) is 5.01. The molecule has 1 atom stereocenters. The van der Waals surface area contributed by atoms with Gasteiger partial charge in [0.05, 0.1) is 23.4 Å². The largest absolute Gasteiger partial charge is 0.465 e. The number of sulfone groups is 1. The number of halogens is 1. The van der Waals surface area contributed by atoms with Crippen LogP contribution in [0.1, 0.15) is 20.3 Å². The fourth-order valence-corrected chi connectivity index (χ4v) is 4.60. The van der Waals surface area contributed by atoms with Crippen molar-refractivity contribution in [3.05, 3.63) is 29.3 Å². The van der Waals surface area contributed by atoms with Crippen molar-refractivity contribution in [3.63, 3.8) is 0 Å². The molecule has 1 aromatic carbocycles. The minimum atomic E-state index is -3.88. The molecule has 1 fully saturated rings. The molecular weight excluding hydrogens is 344 g/mol. The van der Waals surface area contributed by atoms with Gasteiger partial charge in [0, 0.05) is 5.02 Å². The molecule has 1 aromatic rings. The predicted molar refractivity (Wildman–Crippen MR) is 82.7 cm³/mol. The number of hydrogen-bond donors (Lipinski definition) is 0. The van der Waals surface area contributed by atoms with E-state index in [2.05, 4.69) is 0 Å². The van der Waals surface area contributed by atoms with Crippen molar-refractivity contribution in [1.82, 2.24) is 0 Å². The van der Waals surface area contributed by atoms with E-state index in [-0.39, 0.29) is 24.5 Å². The Labute approximate surface area is 139 Å². The molecule has 1 saturated carbocycles. The van der Waals surface area contributed by atoms with Gasteiger partial charge in [-0.1, -0.05) is 11.6 Å². The van der Waals surface area contributed by atoms with Gasteiger partial charge < -0.3 is 9.47 Å². The first-order chi connectivity index (χ1) is 10.8. The van der Waals surface area contributed by atoms with Crippen molar-refractivity contribution in [2.45, 2.75) is 30.4 Å². The van der Waals surface area contributed by atoms with Gasteiger partial charge in [-0.15, -0.1) is 0 Å². The van der Waals surface area contributed by atoms with Crippen LogP contribution >= 0.6 is 11.6 Å². The molecule has 0 N–H and O–H groups in total. The molecule has 0 spiro atoms. The number of benzene rings is 1. The monoisotopic (exact) mass is 360 g/mol. The molecule has 6 nitrogen and oxygen atoms in total. The Bertz CT molecular complexity index is 692. The molecule has 0 aromatic heterocycles. The van der Waals surface area contributed by atoms with E-state index < -0.39 is 32.4 Å². The van der Waals surface area contributed by atoms with Crippen molar-refractivity contribution in [2.75, 3.05) is 13.2 Å². The maximum Gasteiger partial charge on any atom is 0.324 e. The zero-order valence-corrected chi connectivity index (χ0v) is 14.3. The summed E-state index contributed by atoms with van der Waals surface area (Å²) < 4.78 is 35.1. The summed E-state index contributed by atoms with van der Waals surface area (Å²) in [4.78, 5) is 24.4. The van der Waals surface area contributed by atoms with Crippen LogP contribution < -0.4 is 0 Å². The molecule has 23 heavy (non-hydrogen) atoms. The summed E-state index contributed by atoms with van der Waals surface area (Å²) in [6.45, 7) is 3.27. The molecule has 1 aliphatic rings. The molecule has 0 saturated heterocycles. The van der Waals surface area contributed by atoms with Crippen LogP contribution in [0.2, 0.25) is 5.02 Å². The molecule has 126 valence electrons. The van der Waals surface area contributed by atoms with E-state index in [1.807, 2.05) is 0 Å². The maximum atomic E-state index is 12.7. The molecule has 0 aliphatic heterocycles. The van der Waals surface area contributed by atoms with E-state index in [9.17, 15) is 18.0 Å². The third kappa shape index (κ3) is 3.07. The highest BCUT2D eigenvalue weighted by atomic mass is 35.5. The number of esters is 2. The third-order valence-electron chi connectivity index (χ3n) is 3.69. The van der Waals surface area contributed by atoms with Crippen molar-refractivity contribution < 1.29 is 27.5 Å². The van der Waals surface area contributed by atoms with Crippen molar-refractivity contribution in [3.8, 4) is 0 Å². The molecule has 0 unspecified atom stereocenters. The Balaban J connectivity index is 2.37. The van der Waals surface area contributed by atoms with Gasteiger partial charge in [0.15, 0.2) is 15.3 Å². The summed E-state index contributed by atoms with van der Waals surface area (Å²) in [5.41, 5.74) is -1.77. The van der Waals surface area contributed by atoms with Crippen LogP contribution in [0, 0.1) is 5.41 Å². The highest BCUT2D eigenvalue weighted by Gasteiger charge is 2.73. The smallest absolute Gasteiger partial charge is 0.324 e. The molecule has 0 heterocycles. The van der Waals surface area contributed by atoms with Crippen LogP contribution in [0.3, 0.4) is 0 Å². The SMILES string of the molecule is CCOC(=O)C1(C(=O)OCC)C[C@@H]1S(=O)(=O)c1ccc(Cl)cc1. The number of hydrogen-bond acceptors (Lipinski definition) is 6. The van der Waals surface area contributed by atoms with Crippen LogP contribution in [-0.4, -0.2) is 38.8 Å². The van der Waals surface area contributed by atoms with E-state index in [4.69, 9.17) is 21.1 Å². The Hall–Kier alpha value is -1.60. The Morgan fingerprint density at radius 2 is 1.61 bits per heavy atom. The highest BCUT2D eigenvalue weighted by molar-refractivity contribution is 7.92. The van der Waals surface area contributed by atoms with E-state index >= 15 is 0 Å². The lowest BCUT2D eigenvalue weighted by Crippen LogP contribution is -2.35. The third-order valence-corrected chi connectivity index (χ3v) is 6.19. The summed E-state index contributed by atoms with van der Waals surface area (Å²) in [5.74, 6) is -1.72. The van der Waals surface area contributed by atoms with Crippen LogP contribution in [0.25, 0.3) is 0 Å². The van der Waals surface area contributed by atoms with Gasteiger partial charge in [-0.05, 0) is 44.5 Å². The molecule has 1 aliphatic carbocycles. The fraction of sp³-hybridized carbons (Fsp3) is 0.467. The number of rotatable bonds is 6. The topological polar surface area (TPSA) is 86.7 Å². The standard InChI is InChI=1S/C15H17ClO6S/c1-3-21-13(17)15(14(18)22-4-2)9-12(15)23(19,20)11-7-5-10(16)6-8-11/h5-8,12H,3-4,9H2,1-2H3/t12-/m0/s1. The van der Waals surface area contributed by atoms with Crippen LogP contribution in [0.4, 0.5) is 0 Å². The van der Waals surface area contributed by atoms with Gasteiger partial charge in [0.1, 0.15) is 0 Å². The van der Waals surface area contributed by atoms with Crippen molar-refractivity contribution in [1.29, 1.82) is 0 Å². The minimum absolute atomic E-state index is 0.00220. The van der Waals surface area contributed by atoms with E-state index in [1.54, 1.807) is 13.8 Å². The van der Waals surface area contributed by atoms with Crippen molar-refractivity contribution >= 4 is 33.4 Å². The molecule has 8 heteroatoms. The van der Waals surface area contributed by atoms with Crippen molar-refractivity contribution in [2.24, 2.45) is 5.41 Å². The van der Waals surface area contributed by atoms with Gasteiger partial charge in [0.25, 0.3) is 0 Å². The number of ether oxygens (including phenoxy) is 2. The molecule has 0 radical (unpaired) electrons. The summed E-state index contributed by atoms with van der Waals surface area (Å²) in [7, 11) is -3.88. The zero-order chi connectivity index (χ0) is 17.3. The van der Waals surface area contributed by atoms with Gasteiger partial charge in [-0.25, -0.2) is 8.42 Å². The lowest BCUT2D eigenvalue weighted by molar-refractivity contribution is -0.163. The van der Waals surface area contributed by atoms with E-state index in [1.165, 1.54) is 24.3 Å². The first-order valence-corrected chi connectivity index (χ1v) is 9.07. The van der Waals surface area contributed by atoms with Gasteiger partial charge in [-0.3, -0.25) is 9.59 Å². The second-order valence-electron chi connectivity index (χ2n) is 5.10. The second kappa shape index (κ2) is 6.49. The summed E-state index contributed by atoms with van der Waals surface area (Å²) >= 11 is 5.75. The zero-order valence-electron chi connectivity index (χ0n) is 12.7. The Morgan fingerprint density at radius 3 is 2.04 bits per heavy atom. The van der Waals surface area contributed by atoms with Gasteiger partial charge in [0.2, 0.25) is 0 Å².